The average Bonchev–Trinajstić information content (AvgIpc) is 2.82. The zero-order chi connectivity index (χ0) is 22.7. The second-order valence-electron chi connectivity index (χ2n) is 7.22. The van der Waals surface area contributed by atoms with E-state index in [0.29, 0.717) is 30.3 Å². The van der Waals surface area contributed by atoms with Gasteiger partial charge >= 0.3 is 0 Å². The molecule has 32 heavy (non-hydrogen) atoms. The number of nitro benzene ring substituents is 1. The fourth-order valence-electron chi connectivity index (χ4n) is 3.50. The van der Waals surface area contributed by atoms with Crippen LogP contribution in [0.4, 0.5) is 5.69 Å². The summed E-state index contributed by atoms with van der Waals surface area (Å²) in [5.74, 6) is 0.631. The summed E-state index contributed by atoms with van der Waals surface area (Å²) in [6, 6.07) is 10.5. The highest BCUT2D eigenvalue weighted by atomic mass is 32.2. The number of non-ortho nitro benzene ring substituents is 1. The minimum absolute atomic E-state index is 0.0578. The molecule has 2 aliphatic rings. The average molecular weight is 459 g/mol. The SMILES string of the molecule is O=C(/C=C/c1cccc([N+](=O)[O-])c1)N1CCN(S(=O)(=O)c2ccc3c(c2)OCCO3)CC1. The molecule has 1 amide bonds. The Hall–Kier alpha value is -3.44. The molecule has 2 aliphatic heterocycles. The van der Waals surface area contributed by atoms with E-state index in [9.17, 15) is 23.3 Å². The minimum Gasteiger partial charge on any atom is -0.486 e. The van der Waals surface area contributed by atoms with Crippen molar-refractivity contribution >= 4 is 27.7 Å². The highest BCUT2D eigenvalue weighted by Crippen LogP contribution is 2.33. The van der Waals surface area contributed by atoms with Gasteiger partial charge in [0.05, 0.1) is 9.82 Å². The van der Waals surface area contributed by atoms with Crippen LogP contribution in [0.1, 0.15) is 5.56 Å². The third-order valence-electron chi connectivity index (χ3n) is 5.20. The predicted molar refractivity (Wildman–Crippen MR) is 115 cm³/mol. The van der Waals surface area contributed by atoms with Crippen LogP contribution in [0.15, 0.2) is 53.4 Å². The Labute approximate surface area is 184 Å². The Kier molecular flexibility index (Phi) is 6.10. The summed E-state index contributed by atoms with van der Waals surface area (Å²) in [4.78, 5) is 24.5. The molecule has 0 bridgehead atoms. The second-order valence-corrected chi connectivity index (χ2v) is 9.16. The maximum atomic E-state index is 13.0. The monoisotopic (exact) mass is 459 g/mol. The molecular formula is C21H21N3O7S. The van der Waals surface area contributed by atoms with E-state index < -0.39 is 14.9 Å². The van der Waals surface area contributed by atoms with Gasteiger partial charge in [-0.2, -0.15) is 4.31 Å². The molecule has 0 N–H and O–H groups in total. The molecule has 1 saturated heterocycles. The van der Waals surface area contributed by atoms with Gasteiger partial charge in [0.2, 0.25) is 15.9 Å². The number of carbonyl (C=O) groups is 1. The summed E-state index contributed by atoms with van der Waals surface area (Å²) in [6.45, 7) is 1.58. The van der Waals surface area contributed by atoms with Gasteiger partial charge in [-0.15, -0.1) is 0 Å². The molecule has 10 nitrogen and oxygen atoms in total. The second kappa shape index (κ2) is 8.97. The molecule has 0 radical (unpaired) electrons. The van der Waals surface area contributed by atoms with Gasteiger partial charge in [-0.05, 0) is 23.8 Å². The van der Waals surface area contributed by atoms with E-state index in [4.69, 9.17) is 9.47 Å². The number of benzene rings is 2. The normalized spacial score (nSPS) is 16.8. The van der Waals surface area contributed by atoms with Crippen molar-refractivity contribution in [3.8, 4) is 11.5 Å². The van der Waals surface area contributed by atoms with Crippen LogP contribution in [0.5, 0.6) is 11.5 Å². The van der Waals surface area contributed by atoms with Crippen molar-refractivity contribution in [2.45, 2.75) is 4.90 Å². The topological polar surface area (TPSA) is 119 Å². The third kappa shape index (κ3) is 4.58. The van der Waals surface area contributed by atoms with E-state index in [1.165, 1.54) is 40.7 Å². The number of sulfonamides is 1. The number of hydrogen-bond donors (Lipinski definition) is 0. The van der Waals surface area contributed by atoms with Crippen LogP contribution in [0.3, 0.4) is 0 Å². The van der Waals surface area contributed by atoms with Crippen LogP contribution in [0, 0.1) is 10.1 Å². The van der Waals surface area contributed by atoms with Crippen molar-refractivity contribution in [1.29, 1.82) is 0 Å². The molecule has 0 spiro atoms. The molecule has 2 aromatic rings. The van der Waals surface area contributed by atoms with Gasteiger partial charge < -0.3 is 14.4 Å². The molecule has 11 heteroatoms. The lowest BCUT2D eigenvalue weighted by Gasteiger charge is -2.33. The Balaban J connectivity index is 1.38. The summed E-state index contributed by atoms with van der Waals surface area (Å²) in [6.07, 6.45) is 2.84. The van der Waals surface area contributed by atoms with Crippen molar-refractivity contribution in [1.82, 2.24) is 9.21 Å². The first-order valence-electron chi connectivity index (χ1n) is 9.96. The van der Waals surface area contributed by atoms with Crippen LogP contribution in [0.25, 0.3) is 6.08 Å². The molecule has 2 heterocycles. The lowest BCUT2D eigenvalue weighted by Crippen LogP contribution is -2.50. The van der Waals surface area contributed by atoms with Crippen LogP contribution in [0.2, 0.25) is 0 Å². The zero-order valence-corrected chi connectivity index (χ0v) is 17.9. The molecule has 0 aliphatic carbocycles. The Morgan fingerprint density at radius 2 is 1.72 bits per heavy atom. The highest BCUT2D eigenvalue weighted by molar-refractivity contribution is 7.89. The predicted octanol–water partition coefficient (Wildman–Crippen LogP) is 1.91. The van der Waals surface area contributed by atoms with Crippen LogP contribution in [-0.4, -0.2) is 67.8 Å². The van der Waals surface area contributed by atoms with Gasteiger partial charge in [0, 0.05) is 50.5 Å². The lowest BCUT2D eigenvalue weighted by molar-refractivity contribution is -0.384. The van der Waals surface area contributed by atoms with E-state index in [1.807, 2.05) is 0 Å². The van der Waals surface area contributed by atoms with E-state index in [0.717, 1.165) is 0 Å². The molecule has 4 rings (SSSR count). The van der Waals surface area contributed by atoms with Crippen LogP contribution >= 0.6 is 0 Å². The van der Waals surface area contributed by atoms with Crippen LogP contribution < -0.4 is 9.47 Å². The lowest BCUT2D eigenvalue weighted by atomic mass is 10.2. The van der Waals surface area contributed by atoms with Gasteiger partial charge in [-0.3, -0.25) is 14.9 Å². The van der Waals surface area contributed by atoms with E-state index >= 15 is 0 Å². The number of ether oxygens (including phenoxy) is 2. The maximum Gasteiger partial charge on any atom is 0.270 e. The number of rotatable bonds is 5. The number of piperazine rings is 1. The van der Waals surface area contributed by atoms with Crippen LogP contribution in [-0.2, 0) is 14.8 Å². The van der Waals surface area contributed by atoms with Gasteiger partial charge in [-0.1, -0.05) is 12.1 Å². The summed E-state index contributed by atoms with van der Waals surface area (Å²) in [7, 11) is -3.73. The van der Waals surface area contributed by atoms with Crippen molar-refractivity contribution in [3.05, 3.63) is 64.2 Å². The number of fused-ring (bicyclic) bond motifs is 1. The molecule has 168 valence electrons. The summed E-state index contributed by atoms with van der Waals surface area (Å²) in [5.41, 5.74) is 0.477. The van der Waals surface area contributed by atoms with Crippen molar-refractivity contribution < 1.29 is 27.6 Å². The van der Waals surface area contributed by atoms with Crippen molar-refractivity contribution in [2.24, 2.45) is 0 Å². The van der Waals surface area contributed by atoms with E-state index in [1.54, 1.807) is 23.1 Å². The van der Waals surface area contributed by atoms with Gasteiger partial charge in [0.1, 0.15) is 13.2 Å². The number of nitrogens with zero attached hydrogens (tertiary/aromatic N) is 3. The number of nitro groups is 1. The Morgan fingerprint density at radius 1 is 1.00 bits per heavy atom. The fourth-order valence-corrected chi connectivity index (χ4v) is 4.94. The molecule has 0 aromatic heterocycles. The maximum absolute atomic E-state index is 13.0. The molecule has 0 unspecified atom stereocenters. The number of amides is 1. The summed E-state index contributed by atoms with van der Waals surface area (Å²) < 4.78 is 38.3. The largest absolute Gasteiger partial charge is 0.486 e. The molecule has 2 aromatic carbocycles. The molecular weight excluding hydrogens is 438 g/mol. The van der Waals surface area contributed by atoms with Gasteiger partial charge in [0.15, 0.2) is 11.5 Å². The number of hydrogen-bond acceptors (Lipinski definition) is 7. The zero-order valence-electron chi connectivity index (χ0n) is 17.0. The molecule has 1 fully saturated rings. The summed E-state index contributed by atoms with van der Waals surface area (Å²) >= 11 is 0. The standard InChI is InChI=1S/C21H21N3O7S/c25-21(7-4-16-2-1-3-17(14-16)24(26)27)22-8-10-23(11-9-22)32(28,29)18-5-6-19-20(15-18)31-13-12-30-19/h1-7,14-15H,8-13H2/b7-4+. The van der Waals surface area contributed by atoms with Crippen molar-refractivity contribution in [3.63, 3.8) is 0 Å². The third-order valence-corrected chi connectivity index (χ3v) is 7.10. The summed E-state index contributed by atoms with van der Waals surface area (Å²) in [5, 5.41) is 10.9. The highest BCUT2D eigenvalue weighted by Gasteiger charge is 2.30. The Bertz CT molecular complexity index is 1170. The van der Waals surface area contributed by atoms with E-state index in [2.05, 4.69) is 0 Å². The Morgan fingerprint density at radius 3 is 2.44 bits per heavy atom. The first-order chi connectivity index (χ1) is 15.3. The van der Waals surface area contributed by atoms with E-state index in [-0.39, 0.29) is 42.7 Å². The van der Waals surface area contributed by atoms with Crippen molar-refractivity contribution in [2.75, 3.05) is 39.4 Å². The minimum atomic E-state index is -3.73. The first-order valence-corrected chi connectivity index (χ1v) is 11.4. The first kappa shape index (κ1) is 21.8. The number of carbonyl (C=O) groups excluding carboxylic acids is 1. The van der Waals surface area contributed by atoms with Gasteiger partial charge in [-0.25, -0.2) is 8.42 Å². The smallest absolute Gasteiger partial charge is 0.270 e. The fraction of sp³-hybridized carbons (Fsp3) is 0.286. The van der Waals surface area contributed by atoms with Gasteiger partial charge in [0.25, 0.3) is 5.69 Å². The quantitative estimate of drug-likeness (QED) is 0.381. The molecule has 0 saturated carbocycles. The molecule has 0 atom stereocenters.